The van der Waals surface area contributed by atoms with Gasteiger partial charge in [0, 0.05) is 5.56 Å². The minimum absolute atomic E-state index is 1.06. The zero-order chi connectivity index (χ0) is 7.94. The second-order valence-electron chi connectivity index (χ2n) is 2.14. The Kier molecular flexibility index (Phi) is 3.02. The number of hydrogen-bond donors (Lipinski definition) is 0. The minimum atomic E-state index is 1.06. The standard InChI is InChI=1S/C11H10/c1-2-3-5-8-11-9-6-4-7-10-11/h2-4,6-7,9-10H,1H3. The molecular formula is C11H10. The highest BCUT2D eigenvalue weighted by atomic mass is 13.8. The zero-order valence-electron chi connectivity index (χ0n) is 6.54. The Bertz CT molecular complexity index is 283. The summed E-state index contributed by atoms with van der Waals surface area (Å²) in [5.74, 6) is 5.93. The lowest BCUT2D eigenvalue weighted by Gasteiger charge is -1.83. The van der Waals surface area contributed by atoms with Gasteiger partial charge in [-0.05, 0) is 25.1 Å². The Morgan fingerprint density at radius 1 is 1.18 bits per heavy atom. The fourth-order valence-electron chi connectivity index (χ4n) is 0.730. The highest BCUT2D eigenvalue weighted by Crippen LogP contribution is 1.94. The molecule has 0 heteroatoms. The third kappa shape index (κ3) is 2.73. The van der Waals surface area contributed by atoms with Crippen molar-refractivity contribution < 1.29 is 0 Å². The molecule has 0 aliphatic rings. The number of benzene rings is 1. The molecule has 0 aromatic heterocycles. The molecule has 1 aromatic carbocycles. The Balaban J connectivity index is 2.74. The predicted molar refractivity (Wildman–Crippen MR) is 48.1 cm³/mol. The van der Waals surface area contributed by atoms with Crippen LogP contribution in [0.25, 0.3) is 0 Å². The van der Waals surface area contributed by atoms with Crippen LogP contribution in [0, 0.1) is 11.8 Å². The largest absolute Gasteiger partial charge is 0.0793 e. The first kappa shape index (κ1) is 7.63. The molecule has 1 rings (SSSR count). The van der Waals surface area contributed by atoms with Crippen LogP contribution < -0.4 is 0 Å². The minimum Gasteiger partial charge on any atom is -0.0793 e. The van der Waals surface area contributed by atoms with Gasteiger partial charge in [0.2, 0.25) is 0 Å². The van der Waals surface area contributed by atoms with Crippen LogP contribution in [0.5, 0.6) is 0 Å². The Hall–Kier alpha value is -1.48. The van der Waals surface area contributed by atoms with Crippen molar-refractivity contribution in [3.63, 3.8) is 0 Å². The van der Waals surface area contributed by atoms with Crippen molar-refractivity contribution in [3.8, 4) is 11.8 Å². The summed E-state index contributed by atoms with van der Waals surface area (Å²) < 4.78 is 0. The van der Waals surface area contributed by atoms with Gasteiger partial charge < -0.3 is 0 Å². The molecule has 0 spiro atoms. The van der Waals surface area contributed by atoms with Crippen LogP contribution in [-0.2, 0) is 0 Å². The maximum Gasteiger partial charge on any atom is 0.0248 e. The highest BCUT2D eigenvalue weighted by molar-refractivity contribution is 5.36. The van der Waals surface area contributed by atoms with E-state index in [4.69, 9.17) is 0 Å². The summed E-state index contributed by atoms with van der Waals surface area (Å²) in [4.78, 5) is 0. The molecule has 11 heavy (non-hydrogen) atoms. The molecule has 0 aliphatic carbocycles. The van der Waals surface area contributed by atoms with Crippen LogP contribution in [-0.4, -0.2) is 0 Å². The summed E-state index contributed by atoms with van der Waals surface area (Å²) in [5, 5.41) is 0. The van der Waals surface area contributed by atoms with Gasteiger partial charge in [0.05, 0.1) is 0 Å². The van der Waals surface area contributed by atoms with Crippen LogP contribution in [0.1, 0.15) is 12.5 Å². The Morgan fingerprint density at radius 2 is 1.91 bits per heavy atom. The molecule has 0 saturated carbocycles. The van der Waals surface area contributed by atoms with Gasteiger partial charge in [-0.25, -0.2) is 0 Å². The molecule has 54 valence electrons. The van der Waals surface area contributed by atoms with Gasteiger partial charge in [-0.15, -0.1) is 0 Å². The Labute approximate surface area is 67.6 Å². The van der Waals surface area contributed by atoms with E-state index in [0.717, 1.165) is 5.56 Å². The molecule has 0 unspecified atom stereocenters. The number of rotatable bonds is 0. The molecule has 0 radical (unpaired) electrons. The summed E-state index contributed by atoms with van der Waals surface area (Å²) in [6, 6.07) is 9.95. The summed E-state index contributed by atoms with van der Waals surface area (Å²) in [6.07, 6.45) is 3.77. The first-order valence-electron chi connectivity index (χ1n) is 3.61. The number of allylic oxidation sites excluding steroid dienone is 2. The molecular weight excluding hydrogens is 132 g/mol. The van der Waals surface area contributed by atoms with Crippen LogP contribution in [0.15, 0.2) is 42.5 Å². The third-order valence-corrected chi connectivity index (χ3v) is 1.24. The monoisotopic (exact) mass is 142 g/mol. The average Bonchev–Trinajstić information content (AvgIpc) is 2.07. The van der Waals surface area contributed by atoms with Crippen molar-refractivity contribution in [1.82, 2.24) is 0 Å². The van der Waals surface area contributed by atoms with Crippen LogP contribution in [0.2, 0.25) is 0 Å². The van der Waals surface area contributed by atoms with Gasteiger partial charge in [0.1, 0.15) is 0 Å². The fraction of sp³-hybridized carbons (Fsp3) is 0.0909. The fourth-order valence-corrected chi connectivity index (χ4v) is 0.730. The maximum atomic E-state index is 3.01. The summed E-state index contributed by atoms with van der Waals surface area (Å²) >= 11 is 0. The third-order valence-electron chi connectivity index (χ3n) is 1.24. The van der Waals surface area contributed by atoms with Gasteiger partial charge in [-0.1, -0.05) is 36.1 Å². The lowest BCUT2D eigenvalue weighted by molar-refractivity contribution is 1.65. The van der Waals surface area contributed by atoms with E-state index >= 15 is 0 Å². The van der Waals surface area contributed by atoms with Crippen molar-refractivity contribution in [2.45, 2.75) is 6.92 Å². The first-order chi connectivity index (χ1) is 5.43. The second-order valence-corrected chi connectivity index (χ2v) is 2.14. The van der Waals surface area contributed by atoms with Crippen molar-refractivity contribution in [1.29, 1.82) is 0 Å². The molecule has 0 heterocycles. The number of hydrogen-bond acceptors (Lipinski definition) is 0. The van der Waals surface area contributed by atoms with Crippen LogP contribution in [0.3, 0.4) is 0 Å². The normalized spacial score (nSPS) is 9.18. The van der Waals surface area contributed by atoms with E-state index in [1.807, 2.05) is 49.4 Å². The van der Waals surface area contributed by atoms with Gasteiger partial charge in [0.25, 0.3) is 0 Å². The van der Waals surface area contributed by atoms with Crippen molar-refractivity contribution in [2.75, 3.05) is 0 Å². The van der Waals surface area contributed by atoms with Gasteiger partial charge in [-0.3, -0.25) is 0 Å². The molecule has 0 amide bonds. The van der Waals surface area contributed by atoms with Crippen LogP contribution >= 0.6 is 0 Å². The van der Waals surface area contributed by atoms with Gasteiger partial charge in [0.15, 0.2) is 0 Å². The predicted octanol–water partition coefficient (Wildman–Crippen LogP) is 2.61. The van der Waals surface area contributed by atoms with E-state index in [1.165, 1.54) is 0 Å². The molecule has 0 fully saturated rings. The van der Waals surface area contributed by atoms with Crippen molar-refractivity contribution in [3.05, 3.63) is 48.0 Å². The molecule has 0 saturated heterocycles. The summed E-state index contributed by atoms with van der Waals surface area (Å²) in [5.41, 5.74) is 1.06. The quantitative estimate of drug-likeness (QED) is 0.488. The van der Waals surface area contributed by atoms with Gasteiger partial charge in [-0.2, -0.15) is 0 Å². The topological polar surface area (TPSA) is 0 Å². The molecule has 0 nitrogen and oxygen atoms in total. The highest BCUT2D eigenvalue weighted by Gasteiger charge is 1.78. The summed E-state index contributed by atoms with van der Waals surface area (Å²) in [7, 11) is 0. The molecule has 0 N–H and O–H groups in total. The van der Waals surface area contributed by atoms with E-state index in [2.05, 4.69) is 11.8 Å². The molecule has 0 atom stereocenters. The summed E-state index contributed by atoms with van der Waals surface area (Å²) in [6.45, 7) is 1.96. The van der Waals surface area contributed by atoms with E-state index in [9.17, 15) is 0 Å². The van der Waals surface area contributed by atoms with Crippen molar-refractivity contribution in [2.24, 2.45) is 0 Å². The van der Waals surface area contributed by atoms with E-state index in [1.54, 1.807) is 0 Å². The van der Waals surface area contributed by atoms with Gasteiger partial charge >= 0.3 is 0 Å². The van der Waals surface area contributed by atoms with E-state index in [-0.39, 0.29) is 0 Å². The second kappa shape index (κ2) is 4.35. The van der Waals surface area contributed by atoms with E-state index in [0.29, 0.717) is 0 Å². The van der Waals surface area contributed by atoms with E-state index < -0.39 is 0 Å². The molecule has 0 bridgehead atoms. The molecule has 0 aliphatic heterocycles. The Morgan fingerprint density at radius 3 is 2.55 bits per heavy atom. The lowest BCUT2D eigenvalue weighted by Crippen LogP contribution is -1.68. The average molecular weight is 142 g/mol. The van der Waals surface area contributed by atoms with Crippen LogP contribution in [0.4, 0.5) is 0 Å². The SMILES string of the molecule is CC=CC#Cc1ccccc1. The maximum absolute atomic E-state index is 3.01. The molecule has 1 aromatic rings. The first-order valence-corrected chi connectivity index (χ1v) is 3.61. The lowest BCUT2D eigenvalue weighted by atomic mass is 10.2. The zero-order valence-corrected chi connectivity index (χ0v) is 6.54. The smallest absolute Gasteiger partial charge is 0.0248 e. The van der Waals surface area contributed by atoms with Crippen molar-refractivity contribution >= 4 is 0 Å².